The van der Waals surface area contributed by atoms with Gasteiger partial charge < -0.3 is 21.9 Å². The number of aliphatic carboxylic acids is 1. The molecule has 0 unspecified atom stereocenters. The minimum Gasteiger partial charge on any atom is -0.480 e. The van der Waals surface area contributed by atoms with Gasteiger partial charge in [-0.2, -0.15) is 13.2 Å². The quantitative estimate of drug-likeness (QED) is 0.630. The van der Waals surface area contributed by atoms with E-state index in [2.05, 4.69) is 5.32 Å². The molecule has 0 bridgehead atoms. The number of hydrogen-bond donors (Lipinski definition) is 4. The SMILES string of the molecule is CC(C)(NC(=O)c1cc(C(F)(F)F)cc(N)c1N)C(=O)O. The van der Waals surface area contributed by atoms with Gasteiger partial charge in [0.05, 0.1) is 22.5 Å². The standard InChI is InChI=1S/C12H14F3N3O3/c1-11(2,10(20)21)18-9(19)6-3-5(12(13,14)15)4-7(16)8(6)17/h3-4H,16-17H2,1-2H3,(H,18,19)(H,20,21). The van der Waals surface area contributed by atoms with Crippen LogP contribution in [0.3, 0.4) is 0 Å². The molecule has 1 aromatic carbocycles. The highest BCUT2D eigenvalue weighted by atomic mass is 19.4. The predicted molar refractivity (Wildman–Crippen MR) is 69.4 cm³/mol. The first-order valence-electron chi connectivity index (χ1n) is 5.68. The third kappa shape index (κ3) is 3.56. The van der Waals surface area contributed by atoms with Crippen molar-refractivity contribution in [2.45, 2.75) is 25.6 Å². The summed E-state index contributed by atoms with van der Waals surface area (Å²) in [5.74, 6) is -2.41. The number of nitrogens with one attached hydrogen (secondary N) is 1. The number of halogens is 3. The summed E-state index contributed by atoms with van der Waals surface area (Å²) < 4.78 is 38.1. The number of anilines is 2. The lowest BCUT2D eigenvalue weighted by molar-refractivity contribution is -0.143. The van der Waals surface area contributed by atoms with E-state index >= 15 is 0 Å². The molecule has 0 radical (unpaired) electrons. The molecule has 0 aliphatic heterocycles. The Balaban J connectivity index is 3.27. The van der Waals surface area contributed by atoms with Crippen molar-refractivity contribution in [2.24, 2.45) is 0 Å². The molecule has 0 spiro atoms. The number of carboxylic acid groups (broad SMARTS) is 1. The molecule has 9 heteroatoms. The minimum absolute atomic E-state index is 0.346. The van der Waals surface area contributed by atoms with Gasteiger partial charge in [0, 0.05) is 0 Å². The largest absolute Gasteiger partial charge is 0.480 e. The van der Waals surface area contributed by atoms with E-state index < -0.39 is 40.4 Å². The van der Waals surface area contributed by atoms with E-state index in [4.69, 9.17) is 16.6 Å². The second kappa shape index (κ2) is 5.15. The van der Waals surface area contributed by atoms with Crippen LogP contribution in [0.2, 0.25) is 0 Å². The summed E-state index contributed by atoms with van der Waals surface area (Å²) in [5.41, 5.74) is 6.74. The van der Waals surface area contributed by atoms with Crippen LogP contribution < -0.4 is 16.8 Å². The molecule has 6 nitrogen and oxygen atoms in total. The summed E-state index contributed by atoms with van der Waals surface area (Å²) in [7, 11) is 0. The highest BCUT2D eigenvalue weighted by Crippen LogP contribution is 2.34. The number of hydrogen-bond acceptors (Lipinski definition) is 4. The number of nitrogen functional groups attached to an aromatic ring is 2. The Bertz CT molecular complexity index is 597. The van der Waals surface area contributed by atoms with E-state index in [9.17, 15) is 22.8 Å². The molecule has 0 aliphatic rings. The zero-order chi connectivity index (χ0) is 16.6. The maximum Gasteiger partial charge on any atom is 0.416 e. The molecule has 0 fully saturated rings. The molecule has 1 amide bonds. The number of rotatable bonds is 3. The first-order chi connectivity index (χ1) is 9.36. The topological polar surface area (TPSA) is 118 Å². The van der Waals surface area contributed by atoms with Gasteiger partial charge in [-0.3, -0.25) is 4.79 Å². The van der Waals surface area contributed by atoms with Gasteiger partial charge in [-0.15, -0.1) is 0 Å². The zero-order valence-electron chi connectivity index (χ0n) is 11.2. The number of benzene rings is 1. The van der Waals surface area contributed by atoms with E-state index in [1.54, 1.807) is 0 Å². The average Bonchev–Trinajstić information content (AvgIpc) is 2.29. The van der Waals surface area contributed by atoms with Gasteiger partial charge in [-0.05, 0) is 26.0 Å². The highest BCUT2D eigenvalue weighted by molar-refractivity contribution is 6.03. The lowest BCUT2D eigenvalue weighted by Gasteiger charge is -2.22. The maximum atomic E-state index is 12.7. The van der Waals surface area contributed by atoms with Crippen molar-refractivity contribution in [3.05, 3.63) is 23.3 Å². The maximum absolute atomic E-state index is 12.7. The van der Waals surface area contributed by atoms with Crippen molar-refractivity contribution < 1.29 is 27.9 Å². The van der Waals surface area contributed by atoms with E-state index in [0.717, 1.165) is 0 Å². The second-order valence-corrected chi connectivity index (χ2v) is 4.91. The predicted octanol–water partition coefficient (Wildman–Crippen LogP) is 1.46. The van der Waals surface area contributed by atoms with Gasteiger partial charge in [0.2, 0.25) is 0 Å². The molecule has 0 heterocycles. The van der Waals surface area contributed by atoms with Crippen molar-refractivity contribution in [3.8, 4) is 0 Å². The summed E-state index contributed by atoms with van der Waals surface area (Å²) in [6.07, 6.45) is -4.71. The fraction of sp³-hybridized carbons (Fsp3) is 0.333. The molecule has 0 aromatic heterocycles. The fourth-order valence-corrected chi connectivity index (χ4v) is 1.43. The molecule has 1 aromatic rings. The summed E-state index contributed by atoms with van der Waals surface area (Å²) in [5, 5.41) is 11.0. The van der Waals surface area contributed by atoms with Crippen molar-refractivity contribution in [3.63, 3.8) is 0 Å². The Morgan fingerprint density at radius 2 is 1.71 bits per heavy atom. The molecule has 0 saturated carbocycles. The van der Waals surface area contributed by atoms with Crippen LogP contribution in [0.25, 0.3) is 0 Å². The minimum atomic E-state index is -4.71. The van der Waals surface area contributed by atoms with Crippen LogP contribution in [0.1, 0.15) is 29.8 Å². The molecule has 6 N–H and O–H groups in total. The summed E-state index contributed by atoms with van der Waals surface area (Å²) in [6, 6.07) is 1.13. The lowest BCUT2D eigenvalue weighted by Crippen LogP contribution is -2.49. The molecule has 116 valence electrons. The van der Waals surface area contributed by atoms with Gasteiger partial charge in [-0.1, -0.05) is 0 Å². The smallest absolute Gasteiger partial charge is 0.416 e. The normalized spacial score (nSPS) is 12.0. The van der Waals surface area contributed by atoms with E-state index in [1.165, 1.54) is 13.8 Å². The Morgan fingerprint density at radius 1 is 1.19 bits per heavy atom. The molecule has 0 saturated heterocycles. The Labute approximate surface area is 117 Å². The van der Waals surface area contributed by atoms with Crippen LogP contribution in [0.15, 0.2) is 12.1 Å². The second-order valence-electron chi connectivity index (χ2n) is 4.91. The third-order valence-corrected chi connectivity index (χ3v) is 2.74. The van der Waals surface area contributed by atoms with Crippen molar-refractivity contribution in [1.82, 2.24) is 5.32 Å². The monoisotopic (exact) mass is 305 g/mol. The summed E-state index contributed by atoms with van der Waals surface area (Å²) in [6.45, 7) is 2.36. The first kappa shape index (κ1) is 16.6. The van der Waals surface area contributed by atoms with E-state index in [-0.39, 0.29) is 5.69 Å². The van der Waals surface area contributed by atoms with Crippen LogP contribution in [0.4, 0.5) is 24.5 Å². The van der Waals surface area contributed by atoms with Crippen molar-refractivity contribution in [1.29, 1.82) is 0 Å². The first-order valence-corrected chi connectivity index (χ1v) is 5.68. The average molecular weight is 305 g/mol. The van der Waals surface area contributed by atoms with E-state index in [0.29, 0.717) is 12.1 Å². The van der Waals surface area contributed by atoms with Gasteiger partial charge in [0.1, 0.15) is 5.54 Å². The number of carbonyl (C=O) groups is 2. The van der Waals surface area contributed by atoms with Crippen molar-refractivity contribution >= 4 is 23.3 Å². The fourth-order valence-electron chi connectivity index (χ4n) is 1.43. The number of carboxylic acids is 1. The molecule has 1 rings (SSSR count). The van der Waals surface area contributed by atoms with Gasteiger partial charge in [0.15, 0.2) is 0 Å². The zero-order valence-corrected chi connectivity index (χ0v) is 11.2. The van der Waals surface area contributed by atoms with Crippen LogP contribution in [-0.2, 0) is 11.0 Å². The molecule has 0 aliphatic carbocycles. The lowest BCUT2D eigenvalue weighted by atomic mass is 10.0. The Hall–Kier alpha value is -2.45. The number of nitrogens with two attached hydrogens (primary N) is 2. The van der Waals surface area contributed by atoms with Crippen LogP contribution >= 0.6 is 0 Å². The van der Waals surface area contributed by atoms with Gasteiger partial charge in [-0.25, -0.2) is 4.79 Å². The number of carbonyl (C=O) groups excluding carboxylic acids is 1. The number of alkyl halides is 3. The Morgan fingerprint density at radius 3 is 2.14 bits per heavy atom. The summed E-state index contributed by atoms with van der Waals surface area (Å²) in [4.78, 5) is 22.9. The number of amides is 1. The summed E-state index contributed by atoms with van der Waals surface area (Å²) >= 11 is 0. The molecular formula is C12H14F3N3O3. The molecule has 0 atom stereocenters. The van der Waals surface area contributed by atoms with Crippen LogP contribution in [0, 0.1) is 0 Å². The molecule has 21 heavy (non-hydrogen) atoms. The van der Waals surface area contributed by atoms with Crippen LogP contribution in [-0.4, -0.2) is 22.5 Å². The molecular weight excluding hydrogens is 291 g/mol. The van der Waals surface area contributed by atoms with Gasteiger partial charge >= 0.3 is 12.1 Å². The van der Waals surface area contributed by atoms with E-state index in [1.807, 2.05) is 0 Å². The Kier molecular flexibility index (Phi) is 4.07. The third-order valence-electron chi connectivity index (χ3n) is 2.74. The van der Waals surface area contributed by atoms with Crippen LogP contribution in [0.5, 0.6) is 0 Å². The highest BCUT2D eigenvalue weighted by Gasteiger charge is 2.34. The van der Waals surface area contributed by atoms with Crippen molar-refractivity contribution in [2.75, 3.05) is 11.5 Å². The van der Waals surface area contributed by atoms with Gasteiger partial charge in [0.25, 0.3) is 5.91 Å².